The molecule has 0 bridgehead atoms. The first-order valence-corrected chi connectivity index (χ1v) is 8.92. The van der Waals surface area contributed by atoms with Crippen molar-refractivity contribution < 1.29 is 9.13 Å². The predicted molar refractivity (Wildman–Crippen MR) is 92.3 cm³/mol. The number of halogens is 1. The number of ether oxygens (including phenoxy) is 1. The topological polar surface area (TPSA) is 69.0 Å². The highest BCUT2D eigenvalue weighted by molar-refractivity contribution is 7.99. The molecule has 2 aromatic heterocycles. The summed E-state index contributed by atoms with van der Waals surface area (Å²) in [5, 5.41) is 10.7. The van der Waals surface area contributed by atoms with E-state index in [1.165, 1.54) is 24.2 Å². The van der Waals surface area contributed by atoms with Crippen LogP contribution in [0.2, 0.25) is 0 Å². The molecule has 0 radical (unpaired) electrons. The van der Waals surface area contributed by atoms with E-state index in [1.54, 1.807) is 6.07 Å². The van der Waals surface area contributed by atoms with Crippen LogP contribution in [0.15, 0.2) is 34.7 Å². The molecule has 1 aliphatic rings. The van der Waals surface area contributed by atoms with Gasteiger partial charge in [0, 0.05) is 25.0 Å². The number of morpholine rings is 1. The molecule has 3 heterocycles. The minimum absolute atomic E-state index is 0.316. The maximum absolute atomic E-state index is 13.9. The summed E-state index contributed by atoms with van der Waals surface area (Å²) in [6.45, 7) is 5.76. The molecule has 130 valence electrons. The van der Waals surface area contributed by atoms with Crippen molar-refractivity contribution in [3.8, 4) is 0 Å². The van der Waals surface area contributed by atoms with E-state index in [1.807, 2.05) is 10.6 Å². The van der Waals surface area contributed by atoms with Gasteiger partial charge in [-0.05, 0) is 30.8 Å². The number of anilines is 1. The zero-order valence-electron chi connectivity index (χ0n) is 13.7. The number of hydrogen-bond donors (Lipinski definition) is 0. The molecule has 1 aromatic carbocycles. The number of nitrogens with zero attached hydrogens (tertiary/aromatic N) is 6. The minimum Gasteiger partial charge on any atom is -0.378 e. The van der Waals surface area contributed by atoms with Crippen LogP contribution in [0.1, 0.15) is 6.92 Å². The molecule has 1 saturated heterocycles. The fourth-order valence-electron chi connectivity index (χ4n) is 2.83. The third-order valence-electron chi connectivity index (χ3n) is 4.07. The number of rotatable bonds is 4. The van der Waals surface area contributed by atoms with Crippen LogP contribution in [-0.4, -0.2) is 51.0 Å². The van der Waals surface area contributed by atoms with Crippen molar-refractivity contribution >= 4 is 28.6 Å². The van der Waals surface area contributed by atoms with Crippen molar-refractivity contribution in [1.82, 2.24) is 24.7 Å². The van der Waals surface area contributed by atoms with Crippen molar-refractivity contribution in [3.05, 3.63) is 30.3 Å². The molecular formula is C16H17FN6OS. The SMILES string of the molecule is CCn1c(Sc2ncnc3c(F)cccc23)nnc1N1CCOCC1. The summed E-state index contributed by atoms with van der Waals surface area (Å²) in [6, 6.07) is 4.87. The molecule has 0 unspecified atom stereocenters. The second-order valence-corrected chi connectivity index (χ2v) is 6.50. The Labute approximate surface area is 148 Å². The van der Waals surface area contributed by atoms with Gasteiger partial charge in [-0.1, -0.05) is 6.07 Å². The van der Waals surface area contributed by atoms with E-state index in [0.29, 0.717) is 29.1 Å². The second-order valence-electron chi connectivity index (χ2n) is 5.54. The van der Waals surface area contributed by atoms with Gasteiger partial charge in [0.25, 0.3) is 0 Å². The average Bonchev–Trinajstić information content (AvgIpc) is 3.06. The fraction of sp³-hybridized carbons (Fsp3) is 0.375. The molecule has 1 aliphatic heterocycles. The van der Waals surface area contributed by atoms with Gasteiger partial charge in [-0.2, -0.15) is 0 Å². The third-order valence-corrected chi connectivity index (χ3v) is 5.08. The Kier molecular flexibility index (Phi) is 4.50. The van der Waals surface area contributed by atoms with E-state index >= 15 is 0 Å². The van der Waals surface area contributed by atoms with Crippen molar-refractivity contribution in [3.63, 3.8) is 0 Å². The molecule has 9 heteroatoms. The lowest BCUT2D eigenvalue weighted by Gasteiger charge is -2.27. The molecule has 7 nitrogen and oxygen atoms in total. The van der Waals surface area contributed by atoms with Crippen molar-refractivity contribution in [1.29, 1.82) is 0 Å². The molecule has 4 rings (SSSR count). The van der Waals surface area contributed by atoms with Crippen LogP contribution >= 0.6 is 11.8 Å². The van der Waals surface area contributed by atoms with Gasteiger partial charge in [-0.3, -0.25) is 4.57 Å². The van der Waals surface area contributed by atoms with Gasteiger partial charge in [0.2, 0.25) is 5.95 Å². The Hall–Kier alpha value is -2.26. The number of benzene rings is 1. The normalized spacial score (nSPS) is 15.0. The van der Waals surface area contributed by atoms with Crippen molar-refractivity contribution in [2.45, 2.75) is 23.7 Å². The van der Waals surface area contributed by atoms with Gasteiger partial charge >= 0.3 is 0 Å². The molecule has 25 heavy (non-hydrogen) atoms. The lowest BCUT2D eigenvalue weighted by Crippen LogP contribution is -2.38. The molecule has 0 saturated carbocycles. The predicted octanol–water partition coefficient (Wildman–Crippen LogP) is 2.37. The van der Waals surface area contributed by atoms with Gasteiger partial charge < -0.3 is 9.64 Å². The summed E-state index contributed by atoms with van der Waals surface area (Å²) in [5.74, 6) is 0.477. The molecule has 0 spiro atoms. The largest absolute Gasteiger partial charge is 0.378 e. The summed E-state index contributed by atoms with van der Waals surface area (Å²) in [7, 11) is 0. The molecule has 0 amide bonds. The number of aromatic nitrogens is 5. The van der Waals surface area contributed by atoms with Crippen molar-refractivity contribution in [2.24, 2.45) is 0 Å². The Balaban J connectivity index is 1.70. The Morgan fingerprint density at radius 2 is 2.04 bits per heavy atom. The van der Waals surface area contributed by atoms with Crippen LogP contribution in [0.5, 0.6) is 0 Å². The van der Waals surface area contributed by atoms with E-state index in [-0.39, 0.29) is 5.82 Å². The summed E-state index contributed by atoms with van der Waals surface area (Å²) in [6.07, 6.45) is 1.38. The monoisotopic (exact) mass is 360 g/mol. The quantitative estimate of drug-likeness (QED) is 0.662. The molecule has 3 aromatic rings. The number of para-hydroxylation sites is 1. The highest BCUT2D eigenvalue weighted by atomic mass is 32.2. The van der Waals surface area contributed by atoms with Gasteiger partial charge in [0.15, 0.2) is 5.16 Å². The first kappa shape index (κ1) is 16.2. The standard InChI is InChI=1S/C16H17FN6OS/c1-2-23-15(22-6-8-24-9-7-22)20-21-16(23)25-14-11-4-3-5-12(17)13(11)18-10-19-14/h3-5,10H,2,6-9H2,1H3. The van der Waals surface area contributed by atoms with Gasteiger partial charge in [0.1, 0.15) is 22.7 Å². The number of hydrogen-bond acceptors (Lipinski definition) is 7. The van der Waals surface area contributed by atoms with E-state index in [0.717, 1.165) is 30.7 Å². The summed E-state index contributed by atoms with van der Waals surface area (Å²) >= 11 is 1.38. The highest BCUT2D eigenvalue weighted by Gasteiger charge is 2.21. The van der Waals surface area contributed by atoms with Gasteiger partial charge in [0.05, 0.1) is 13.2 Å². The van der Waals surface area contributed by atoms with E-state index < -0.39 is 0 Å². The number of fused-ring (bicyclic) bond motifs is 1. The Morgan fingerprint density at radius 1 is 1.20 bits per heavy atom. The summed E-state index contributed by atoms with van der Waals surface area (Å²) in [5.41, 5.74) is 0.316. The van der Waals surface area contributed by atoms with E-state index in [2.05, 4.69) is 32.0 Å². The van der Waals surface area contributed by atoms with Crippen LogP contribution in [0.25, 0.3) is 10.9 Å². The van der Waals surface area contributed by atoms with Crippen molar-refractivity contribution in [2.75, 3.05) is 31.2 Å². The lowest BCUT2D eigenvalue weighted by atomic mass is 10.2. The maximum Gasteiger partial charge on any atom is 0.228 e. The second kappa shape index (κ2) is 6.93. The molecule has 0 atom stereocenters. The van der Waals surface area contributed by atoms with Crippen LogP contribution in [0.4, 0.5) is 10.3 Å². The first-order chi connectivity index (χ1) is 12.3. The minimum atomic E-state index is -0.354. The Bertz CT molecular complexity index is 895. The fourth-order valence-corrected chi connectivity index (χ4v) is 3.78. The molecular weight excluding hydrogens is 343 g/mol. The van der Waals surface area contributed by atoms with E-state index in [4.69, 9.17) is 4.74 Å². The van der Waals surface area contributed by atoms with Gasteiger partial charge in [-0.25, -0.2) is 14.4 Å². The summed E-state index contributed by atoms with van der Waals surface area (Å²) < 4.78 is 21.4. The van der Waals surface area contributed by atoms with Crippen LogP contribution in [-0.2, 0) is 11.3 Å². The zero-order valence-corrected chi connectivity index (χ0v) is 14.5. The third kappa shape index (κ3) is 3.05. The Morgan fingerprint density at radius 3 is 2.84 bits per heavy atom. The van der Waals surface area contributed by atoms with Crippen LogP contribution in [0, 0.1) is 5.82 Å². The highest BCUT2D eigenvalue weighted by Crippen LogP contribution is 2.32. The maximum atomic E-state index is 13.9. The van der Waals surface area contributed by atoms with Gasteiger partial charge in [-0.15, -0.1) is 10.2 Å². The first-order valence-electron chi connectivity index (χ1n) is 8.11. The molecule has 0 N–H and O–H groups in total. The summed E-state index contributed by atoms with van der Waals surface area (Å²) in [4.78, 5) is 10.5. The average molecular weight is 360 g/mol. The molecule has 0 aliphatic carbocycles. The molecule has 1 fully saturated rings. The van der Waals surface area contributed by atoms with Crippen LogP contribution < -0.4 is 4.90 Å². The lowest BCUT2D eigenvalue weighted by molar-refractivity contribution is 0.121. The zero-order chi connectivity index (χ0) is 17.2. The smallest absolute Gasteiger partial charge is 0.228 e. The van der Waals surface area contributed by atoms with Crippen LogP contribution in [0.3, 0.4) is 0 Å². The van der Waals surface area contributed by atoms with E-state index in [9.17, 15) is 4.39 Å².